The Morgan fingerprint density at radius 2 is 2.10 bits per heavy atom. The van der Waals surface area contributed by atoms with Gasteiger partial charge in [0.05, 0.1) is 11.6 Å². The summed E-state index contributed by atoms with van der Waals surface area (Å²) in [5.74, 6) is -0.338. The average Bonchev–Trinajstić information content (AvgIpc) is 2.45. The number of nitriles is 1. The minimum Gasteiger partial charge on any atom is -0.314 e. The van der Waals surface area contributed by atoms with Crippen LogP contribution in [0.25, 0.3) is 0 Å². The summed E-state index contributed by atoms with van der Waals surface area (Å²) in [6.07, 6.45) is 0. The predicted molar refractivity (Wildman–Crippen MR) is 76.8 cm³/mol. The van der Waals surface area contributed by atoms with E-state index in [1.54, 1.807) is 6.07 Å². The molecule has 2 rings (SSSR count). The van der Waals surface area contributed by atoms with Gasteiger partial charge in [0.2, 0.25) is 0 Å². The molecule has 1 heterocycles. The standard InChI is InChI=1S/C15H21FN4/c1-19(6-7-20-4-2-18-3-5-20)12-14-8-13(11-17)9-15(16)10-14/h8-10,18H,2-7,12H2,1H3. The van der Waals surface area contributed by atoms with Crippen LogP contribution in [0.2, 0.25) is 0 Å². The number of hydrogen-bond donors (Lipinski definition) is 1. The Bertz CT molecular complexity index is 477. The van der Waals surface area contributed by atoms with Crippen molar-refractivity contribution < 1.29 is 4.39 Å². The Kier molecular flexibility index (Phi) is 5.48. The van der Waals surface area contributed by atoms with E-state index in [4.69, 9.17) is 5.26 Å². The Hall–Kier alpha value is -1.48. The fraction of sp³-hybridized carbons (Fsp3) is 0.533. The molecule has 0 unspecified atom stereocenters. The lowest BCUT2D eigenvalue weighted by Gasteiger charge is -2.29. The zero-order valence-electron chi connectivity index (χ0n) is 11.9. The molecule has 1 N–H and O–H groups in total. The molecule has 1 aliphatic rings. The van der Waals surface area contributed by atoms with Crippen molar-refractivity contribution in [2.24, 2.45) is 0 Å². The highest BCUT2D eigenvalue weighted by atomic mass is 19.1. The SMILES string of the molecule is CN(CCN1CCNCC1)Cc1cc(F)cc(C#N)c1. The van der Waals surface area contributed by atoms with Gasteiger partial charge in [0.1, 0.15) is 5.82 Å². The van der Waals surface area contributed by atoms with Gasteiger partial charge in [-0.3, -0.25) is 4.90 Å². The van der Waals surface area contributed by atoms with Crippen molar-refractivity contribution in [3.05, 3.63) is 35.1 Å². The highest BCUT2D eigenvalue weighted by molar-refractivity contribution is 5.33. The number of piperazine rings is 1. The number of benzene rings is 1. The molecule has 0 bridgehead atoms. The zero-order valence-corrected chi connectivity index (χ0v) is 11.9. The molecule has 0 spiro atoms. The first-order chi connectivity index (χ1) is 9.67. The van der Waals surface area contributed by atoms with Gasteiger partial charge in [0.15, 0.2) is 0 Å². The third kappa shape index (κ3) is 4.57. The largest absolute Gasteiger partial charge is 0.314 e. The lowest BCUT2D eigenvalue weighted by Crippen LogP contribution is -2.45. The van der Waals surface area contributed by atoms with Gasteiger partial charge < -0.3 is 10.2 Å². The Balaban J connectivity index is 1.83. The second-order valence-electron chi connectivity index (χ2n) is 5.29. The summed E-state index contributed by atoms with van der Waals surface area (Å²) in [6.45, 7) is 6.92. The van der Waals surface area contributed by atoms with Crippen LogP contribution >= 0.6 is 0 Å². The van der Waals surface area contributed by atoms with Crippen molar-refractivity contribution in [1.82, 2.24) is 15.1 Å². The number of nitrogens with one attached hydrogen (secondary N) is 1. The number of nitrogens with zero attached hydrogens (tertiary/aromatic N) is 3. The molecule has 1 saturated heterocycles. The van der Waals surface area contributed by atoms with Crippen LogP contribution in [0.3, 0.4) is 0 Å². The molecular weight excluding hydrogens is 255 g/mol. The summed E-state index contributed by atoms with van der Waals surface area (Å²) in [5.41, 5.74) is 1.24. The third-order valence-electron chi connectivity index (χ3n) is 3.55. The molecule has 108 valence electrons. The molecule has 0 saturated carbocycles. The van der Waals surface area contributed by atoms with Crippen molar-refractivity contribution in [2.75, 3.05) is 46.3 Å². The number of hydrogen-bond acceptors (Lipinski definition) is 4. The highest BCUT2D eigenvalue weighted by Crippen LogP contribution is 2.10. The molecule has 0 aromatic heterocycles. The maximum absolute atomic E-state index is 13.4. The van der Waals surface area contributed by atoms with Crippen molar-refractivity contribution in [1.29, 1.82) is 5.26 Å². The summed E-state index contributed by atoms with van der Waals surface area (Å²) in [4.78, 5) is 4.59. The first-order valence-corrected chi connectivity index (χ1v) is 6.98. The third-order valence-corrected chi connectivity index (χ3v) is 3.55. The minimum absolute atomic E-state index is 0.338. The highest BCUT2D eigenvalue weighted by Gasteiger charge is 2.10. The van der Waals surface area contributed by atoms with E-state index in [1.165, 1.54) is 12.1 Å². The quantitative estimate of drug-likeness (QED) is 0.872. The zero-order chi connectivity index (χ0) is 14.4. The number of halogens is 1. The van der Waals surface area contributed by atoms with Gasteiger partial charge in [-0.05, 0) is 30.8 Å². The maximum Gasteiger partial charge on any atom is 0.124 e. The molecule has 1 aromatic carbocycles. The second kappa shape index (κ2) is 7.34. The van der Waals surface area contributed by atoms with Crippen LogP contribution in [-0.2, 0) is 6.54 Å². The summed E-state index contributed by atoms with van der Waals surface area (Å²) in [6, 6.07) is 6.52. The van der Waals surface area contributed by atoms with E-state index >= 15 is 0 Å². The summed E-state index contributed by atoms with van der Waals surface area (Å²) in [7, 11) is 2.03. The Morgan fingerprint density at radius 1 is 1.35 bits per heavy atom. The molecular formula is C15H21FN4. The van der Waals surface area contributed by atoms with Gasteiger partial charge in [-0.25, -0.2) is 4.39 Å². The molecule has 1 aliphatic heterocycles. The number of likely N-dealkylation sites (N-methyl/N-ethyl adjacent to an activating group) is 1. The second-order valence-corrected chi connectivity index (χ2v) is 5.29. The smallest absolute Gasteiger partial charge is 0.124 e. The Morgan fingerprint density at radius 3 is 2.80 bits per heavy atom. The van der Waals surface area contributed by atoms with Gasteiger partial charge in [-0.1, -0.05) is 0 Å². The van der Waals surface area contributed by atoms with Crippen LogP contribution in [0.5, 0.6) is 0 Å². The van der Waals surface area contributed by atoms with E-state index in [1.807, 2.05) is 13.1 Å². The van der Waals surface area contributed by atoms with E-state index in [0.29, 0.717) is 12.1 Å². The van der Waals surface area contributed by atoms with Gasteiger partial charge >= 0.3 is 0 Å². The van der Waals surface area contributed by atoms with Crippen molar-refractivity contribution in [3.8, 4) is 6.07 Å². The fourth-order valence-corrected chi connectivity index (χ4v) is 2.44. The van der Waals surface area contributed by atoms with Crippen LogP contribution in [0, 0.1) is 17.1 Å². The van der Waals surface area contributed by atoms with Gasteiger partial charge in [0, 0.05) is 45.8 Å². The van der Waals surface area contributed by atoms with Crippen LogP contribution in [0.1, 0.15) is 11.1 Å². The van der Waals surface area contributed by atoms with Crippen LogP contribution < -0.4 is 5.32 Å². The van der Waals surface area contributed by atoms with E-state index in [2.05, 4.69) is 15.1 Å². The van der Waals surface area contributed by atoms with Gasteiger partial charge in [-0.15, -0.1) is 0 Å². The van der Waals surface area contributed by atoms with Crippen molar-refractivity contribution >= 4 is 0 Å². The molecule has 4 nitrogen and oxygen atoms in total. The summed E-state index contributed by atoms with van der Waals surface area (Å²) in [5, 5.41) is 12.2. The topological polar surface area (TPSA) is 42.3 Å². The lowest BCUT2D eigenvalue weighted by molar-refractivity contribution is 0.202. The Labute approximate surface area is 119 Å². The average molecular weight is 276 g/mol. The molecule has 5 heteroatoms. The maximum atomic E-state index is 13.4. The normalized spacial score (nSPS) is 16.3. The summed E-state index contributed by atoms with van der Waals surface area (Å²) < 4.78 is 13.4. The van der Waals surface area contributed by atoms with E-state index < -0.39 is 0 Å². The van der Waals surface area contributed by atoms with Crippen LogP contribution in [-0.4, -0.2) is 56.1 Å². The first kappa shape index (κ1) is 14.9. The number of rotatable bonds is 5. The lowest BCUT2D eigenvalue weighted by atomic mass is 10.1. The predicted octanol–water partition coefficient (Wildman–Crippen LogP) is 1.03. The first-order valence-electron chi connectivity index (χ1n) is 6.98. The summed E-state index contributed by atoms with van der Waals surface area (Å²) >= 11 is 0. The van der Waals surface area contributed by atoms with Gasteiger partial charge in [0.25, 0.3) is 0 Å². The van der Waals surface area contributed by atoms with E-state index in [0.717, 1.165) is 44.8 Å². The fourth-order valence-electron chi connectivity index (χ4n) is 2.44. The molecule has 1 aromatic rings. The molecule has 1 fully saturated rings. The van der Waals surface area contributed by atoms with E-state index in [-0.39, 0.29) is 5.82 Å². The molecule has 0 radical (unpaired) electrons. The van der Waals surface area contributed by atoms with Crippen molar-refractivity contribution in [3.63, 3.8) is 0 Å². The minimum atomic E-state index is -0.338. The molecule has 0 aliphatic carbocycles. The van der Waals surface area contributed by atoms with Gasteiger partial charge in [-0.2, -0.15) is 5.26 Å². The molecule has 0 amide bonds. The molecule has 0 atom stereocenters. The van der Waals surface area contributed by atoms with Crippen LogP contribution in [0.4, 0.5) is 4.39 Å². The van der Waals surface area contributed by atoms with Crippen molar-refractivity contribution in [2.45, 2.75) is 6.54 Å². The van der Waals surface area contributed by atoms with Crippen LogP contribution in [0.15, 0.2) is 18.2 Å². The monoisotopic (exact) mass is 276 g/mol. The van der Waals surface area contributed by atoms with E-state index in [9.17, 15) is 4.39 Å². The molecule has 20 heavy (non-hydrogen) atoms.